The molecule has 1 aliphatic rings. The van der Waals surface area contributed by atoms with Crippen LogP contribution in [0.2, 0.25) is 5.02 Å². The molecule has 1 saturated heterocycles. The van der Waals surface area contributed by atoms with Crippen molar-refractivity contribution >= 4 is 29.9 Å². The van der Waals surface area contributed by atoms with E-state index < -0.39 is 0 Å². The third-order valence-corrected chi connectivity index (χ3v) is 5.05. The molecular weight excluding hydrogens is 388 g/mol. The Hall–Kier alpha value is -1.66. The van der Waals surface area contributed by atoms with Crippen molar-refractivity contribution in [2.24, 2.45) is 5.73 Å². The zero-order valence-corrected chi connectivity index (χ0v) is 16.5. The smallest absolute Gasteiger partial charge is 0.251 e. The van der Waals surface area contributed by atoms with Crippen LogP contribution in [0.25, 0.3) is 0 Å². The number of nitrogens with zero attached hydrogens (tertiary/aromatic N) is 1. The molecule has 4 nitrogen and oxygen atoms in total. The Balaban J connectivity index is 0.00000261. The van der Waals surface area contributed by atoms with E-state index in [0.717, 1.165) is 37.1 Å². The van der Waals surface area contributed by atoms with E-state index >= 15 is 0 Å². The van der Waals surface area contributed by atoms with E-state index in [1.165, 1.54) is 12.1 Å². The first kappa shape index (κ1) is 21.6. The molecule has 0 saturated carbocycles. The van der Waals surface area contributed by atoms with Crippen LogP contribution < -0.4 is 11.1 Å². The maximum atomic E-state index is 13.2. The van der Waals surface area contributed by atoms with E-state index in [2.05, 4.69) is 10.2 Å². The Morgan fingerprint density at radius 3 is 2.67 bits per heavy atom. The summed E-state index contributed by atoms with van der Waals surface area (Å²) in [6, 6.07) is 11.9. The molecule has 27 heavy (non-hydrogen) atoms. The van der Waals surface area contributed by atoms with Gasteiger partial charge >= 0.3 is 0 Å². The number of nitrogens with one attached hydrogen (secondary N) is 1. The molecule has 2 aromatic carbocycles. The lowest BCUT2D eigenvalue weighted by Gasteiger charge is -2.33. The molecule has 7 heteroatoms. The monoisotopic (exact) mass is 411 g/mol. The molecule has 3 rings (SSSR count). The largest absolute Gasteiger partial charge is 0.348 e. The number of halogens is 3. The first-order valence-electron chi connectivity index (χ1n) is 8.81. The fourth-order valence-corrected chi connectivity index (χ4v) is 3.50. The molecule has 0 aromatic heterocycles. The summed E-state index contributed by atoms with van der Waals surface area (Å²) in [4.78, 5) is 14.7. The second kappa shape index (κ2) is 10.0. The van der Waals surface area contributed by atoms with Crippen LogP contribution in [-0.4, -0.2) is 29.9 Å². The molecule has 3 N–H and O–H groups in total. The summed E-state index contributed by atoms with van der Waals surface area (Å²) in [7, 11) is 0. The lowest BCUT2D eigenvalue weighted by atomic mass is 10.0. The Labute approximate surface area is 170 Å². The van der Waals surface area contributed by atoms with Gasteiger partial charge in [-0.1, -0.05) is 29.8 Å². The summed E-state index contributed by atoms with van der Waals surface area (Å²) in [5, 5.41) is 3.55. The minimum Gasteiger partial charge on any atom is -0.348 e. The molecule has 1 fully saturated rings. The maximum absolute atomic E-state index is 13.2. The average molecular weight is 412 g/mol. The first-order chi connectivity index (χ1) is 12.5. The van der Waals surface area contributed by atoms with Gasteiger partial charge in [-0.15, -0.1) is 12.4 Å². The lowest BCUT2D eigenvalue weighted by molar-refractivity contribution is 0.0900. The number of piperidine rings is 1. The molecule has 1 amide bonds. The quantitative estimate of drug-likeness (QED) is 0.787. The van der Waals surface area contributed by atoms with Crippen molar-refractivity contribution in [1.29, 1.82) is 0 Å². The van der Waals surface area contributed by atoms with E-state index in [1.807, 2.05) is 12.1 Å². The second-order valence-corrected chi connectivity index (χ2v) is 7.09. The molecule has 1 atom stereocenters. The van der Waals surface area contributed by atoms with E-state index in [9.17, 15) is 9.18 Å². The molecule has 2 aromatic rings. The lowest BCUT2D eigenvalue weighted by Crippen LogP contribution is -2.47. The van der Waals surface area contributed by atoms with Gasteiger partial charge in [0.2, 0.25) is 0 Å². The number of carbonyl (C=O) groups is 1. The normalized spacial score (nSPS) is 17.2. The fraction of sp³-hybridized carbons (Fsp3) is 0.350. The van der Waals surface area contributed by atoms with Gasteiger partial charge in [-0.3, -0.25) is 9.69 Å². The topological polar surface area (TPSA) is 58.4 Å². The van der Waals surface area contributed by atoms with Gasteiger partial charge < -0.3 is 11.1 Å². The van der Waals surface area contributed by atoms with Crippen LogP contribution >= 0.6 is 24.0 Å². The van der Waals surface area contributed by atoms with Gasteiger partial charge in [0.1, 0.15) is 5.82 Å². The van der Waals surface area contributed by atoms with Gasteiger partial charge in [-0.25, -0.2) is 4.39 Å². The number of hydrogen-bond acceptors (Lipinski definition) is 3. The molecular formula is C20H24Cl2FN3O. The summed E-state index contributed by atoms with van der Waals surface area (Å²) in [5.41, 5.74) is 8.13. The average Bonchev–Trinajstić information content (AvgIpc) is 2.64. The highest BCUT2D eigenvalue weighted by molar-refractivity contribution is 6.31. The maximum Gasteiger partial charge on any atom is 0.251 e. The van der Waals surface area contributed by atoms with Crippen LogP contribution in [0.3, 0.4) is 0 Å². The fourth-order valence-electron chi connectivity index (χ4n) is 3.27. The Morgan fingerprint density at radius 1 is 1.26 bits per heavy atom. The van der Waals surface area contributed by atoms with E-state index in [0.29, 0.717) is 23.7 Å². The number of hydrogen-bond donors (Lipinski definition) is 2. The molecule has 0 bridgehead atoms. The third kappa shape index (κ3) is 5.91. The first-order valence-corrected chi connectivity index (χ1v) is 9.19. The van der Waals surface area contributed by atoms with E-state index in [4.69, 9.17) is 17.3 Å². The second-order valence-electron chi connectivity index (χ2n) is 6.68. The number of likely N-dealkylation sites (tertiary alicyclic amines) is 1. The highest BCUT2D eigenvalue weighted by Crippen LogP contribution is 2.21. The summed E-state index contributed by atoms with van der Waals surface area (Å²) in [5.74, 6) is -0.400. The van der Waals surface area contributed by atoms with Crippen molar-refractivity contribution in [3.63, 3.8) is 0 Å². The van der Waals surface area contributed by atoms with Gasteiger partial charge in [0.05, 0.1) is 0 Å². The predicted octanol–water partition coefficient (Wildman–Crippen LogP) is 3.75. The number of amides is 1. The minimum atomic E-state index is -0.330. The van der Waals surface area contributed by atoms with Crippen LogP contribution in [0.1, 0.15) is 34.3 Å². The Bertz CT molecular complexity index is 770. The summed E-state index contributed by atoms with van der Waals surface area (Å²) < 4.78 is 13.2. The van der Waals surface area contributed by atoms with Crippen molar-refractivity contribution in [1.82, 2.24) is 10.2 Å². The number of carbonyl (C=O) groups excluding carboxylic acids is 1. The molecule has 146 valence electrons. The molecule has 0 aliphatic carbocycles. The highest BCUT2D eigenvalue weighted by Gasteiger charge is 2.22. The van der Waals surface area contributed by atoms with Gasteiger partial charge in [0.15, 0.2) is 0 Å². The van der Waals surface area contributed by atoms with Gasteiger partial charge in [-0.05, 0) is 54.8 Å². The zero-order valence-electron chi connectivity index (χ0n) is 15.0. The van der Waals surface area contributed by atoms with Crippen LogP contribution in [-0.2, 0) is 13.1 Å². The zero-order chi connectivity index (χ0) is 18.5. The summed E-state index contributed by atoms with van der Waals surface area (Å²) in [6.45, 7) is 2.80. The van der Waals surface area contributed by atoms with Crippen molar-refractivity contribution in [3.05, 3.63) is 70.0 Å². The third-order valence-electron chi connectivity index (χ3n) is 4.70. The van der Waals surface area contributed by atoms with Gasteiger partial charge in [-0.2, -0.15) is 0 Å². The molecule has 1 aliphatic heterocycles. The molecule has 1 unspecified atom stereocenters. The van der Waals surface area contributed by atoms with Crippen LogP contribution in [0, 0.1) is 5.82 Å². The molecule has 1 heterocycles. The Kier molecular flexibility index (Phi) is 8.05. The van der Waals surface area contributed by atoms with Crippen LogP contribution in [0.4, 0.5) is 4.39 Å². The van der Waals surface area contributed by atoms with Crippen LogP contribution in [0.5, 0.6) is 0 Å². The van der Waals surface area contributed by atoms with Crippen LogP contribution in [0.15, 0.2) is 42.5 Å². The van der Waals surface area contributed by atoms with Crippen molar-refractivity contribution in [2.45, 2.75) is 32.0 Å². The summed E-state index contributed by atoms with van der Waals surface area (Å²) in [6.07, 6.45) is 1.94. The minimum absolute atomic E-state index is 0. The molecule has 0 spiro atoms. The van der Waals surface area contributed by atoms with Crippen molar-refractivity contribution in [3.8, 4) is 0 Å². The molecule has 0 radical (unpaired) electrons. The van der Waals surface area contributed by atoms with E-state index in [-0.39, 0.29) is 30.2 Å². The van der Waals surface area contributed by atoms with Gasteiger partial charge in [0, 0.05) is 36.3 Å². The van der Waals surface area contributed by atoms with Crippen molar-refractivity contribution < 1.29 is 9.18 Å². The predicted molar refractivity (Wildman–Crippen MR) is 109 cm³/mol. The van der Waals surface area contributed by atoms with Gasteiger partial charge in [0.25, 0.3) is 5.91 Å². The number of rotatable bonds is 5. The Morgan fingerprint density at radius 2 is 2.00 bits per heavy atom. The number of benzene rings is 2. The summed E-state index contributed by atoms with van der Waals surface area (Å²) >= 11 is 6.13. The van der Waals surface area contributed by atoms with E-state index in [1.54, 1.807) is 18.2 Å². The highest BCUT2D eigenvalue weighted by atomic mass is 35.5. The standard InChI is InChI=1S/C20H23ClFN3O.ClH/c21-19-10-17(22)8-7-16(19)12-25-9-1-2-18(13-25)24-20(26)15-5-3-14(11-23)4-6-15;/h3-8,10,18H,1-2,9,11-13,23H2,(H,24,26);1H. The SMILES string of the molecule is Cl.NCc1ccc(C(=O)NC2CCCN(Cc3ccc(F)cc3Cl)C2)cc1. The number of nitrogens with two attached hydrogens (primary N) is 1. The van der Waals surface area contributed by atoms with Crippen molar-refractivity contribution in [2.75, 3.05) is 13.1 Å².